The van der Waals surface area contributed by atoms with Crippen LogP contribution in [0, 0.1) is 0 Å². The molecule has 0 heterocycles. The third kappa shape index (κ3) is 58.3. The SMILES string of the molecule is CC(O)CN.ClCCl.O. The van der Waals surface area contributed by atoms with Crippen molar-refractivity contribution in [2.45, 2.75) is 13.0 Å². The van der Waals surface area contributed by atoms with Crippen molar-refractivity contribution in [3.8, 4) is 0 Å². The van der Waals surface area contributed by atoms with E-state index in [4.69, 9.17) is 34.0 Å². The van der Waals surface area contributed by atoms with E-state index in [2.05, 4.69) is 0 Å². The van der Waals surface area contributed by atoms with Gasteiger partial charge in [-0.1, -0.05) is 0 Å². The molecule has 0 aliphatic carbocycles. The van der Waals surface area contributed by atoms with Gasteiger partial charge in [-0.3, -0.25) is 0 Å². The Balaban J connectivity index is -0.0000000800. The molecular weight excluding hydrogens is 165 g/mol. The van der Waals surface area contributed by atoms with Crippen LogP contribution in [0.5, 0.6) is 0 Å². The Bertz CT molecular complexity index is 37.7. The molecule has 0 aromatic carbocycles. The molecule has 5 heteroatoms. The third-order valence-corrected chi connectivity index (χ3v) is 0.341. The first-order valence-electron chi connectivity index (χ1n) is 2.19. The summed E-state index contributed by atoms with van der Waals surface area (Å²) in [4.78, 5) is 0. The van der Waals surface area contributed by atoms with Crippen LogP contribution in [0.25, 0.3) is 0 Å². The molecule has 1 atom stereocenters. The van der Waals surface area contributed by atoms with Crippen molar-refractivity contribution in [3.05, 3.63) is 0 Å². The van der Waals surface area contributed by atoms with E-state index in [-0.39, 0.29) is 16.9 Å². The van der Waals surface area contributed by atoms with E-state index in [0.29, 0.717) is 6.54 Å². The van der Waals surface area contributed by atoms with Gasteiger partial charge >= 0.3 is 0 Å². The number of halogens is 2. The van der Waals surface area contributed by atoms with Crippen LogP contribution in [0.3, 0.4) is 0 Å². The Labute approximate surface area is 65.1 Å². The highest BCUT2D eigenvalue weighted by Crippen LogP contribution is 1.73. The summed E-state index contributed by atoms with van der Waals surface area (Å²) in [5, 5.41) is 8.43. The van der Waals surface area contributed by atoms with Crippen molar-refractivity contribution in [2.24, 2.45) is 5.73 Å². The van der Waals surface area contributed by atoms with Gasteiger partial charge in [-0.05, 0) is 6.92 Å². The summed E-state index contributed by atoms with van der Waals surface area (Å²) >= 11 is 9.53. The fourth-order valence-electron chi connectivity index (χ4n) is 0. The van der Waals surface area contributed by atoms with Gasteiger partial charge in [-0.25, -0.2) is 0 Å². The average molecular weight is 178 g/mol. The lowest BCUT2D eigenvalue weighted by Crippen LogP contribution is -2.14. The second-order valence-corrected chi connectivity index (χ2v) is 1.99. The van der Waals surface area contributed by atoms with Crippen molar-refractivity contribution in [2.75, 3.05) is 11.9 Å². The van der Waals surface area contributed by atoms with E-state index in [1.807, 2.05) is 0 Å². The van der Waals surface area contributed by atoms with Crippen LogP contribution in [-0.4, -0.2) is 28.6 Å². The summed E-state index contributed by atoms with van der Waals surface area (Å²) in [6, 6.07) is 0. The first kappa shape index (κ1) is 16.2. The van der Waals surface area contributed by atoms with Crippen LogP contribution in [-0.2, 0) is 0 Å². The molecule has 0 bridgehead atoms. The van der Waals surface area contributed by atoms with Crippen LogP contribution < -0.4 is 5.73 Å². The standard InChI is InChI=1S/C3H9NO.CH2Cl2.H2O/c1-3(5)2-4;2-1-3;/h3,5H,2,4H2,1H3;1H2;1H2. The summed E-state index contributed by atoms with van der Waals surface area (Å²) in [5.74, 6) is 0. The number of rotatable bonds is 1. The van der Waals surface area contributed by atoms with E-state index in [1.165, 1.54) is 0 Å². The normalized spacial score (nSPS) is 10.3. The molecule has 0 spiro atoms. The van der Waals surface area contributed by atoms with Crippen LogP contribution in [0.4, 0.5) is 0 Å². The molecule has 5 N–H and O–H groups in total. The van der Waals surface area contributed by atoms with Gasteiger partial charge in [-0.15, -0.1) is 23.2 Å². The van der Waals surface area contributed by atoms with Gasteiger partial charge < -0.3 is 16.3 Å². The fourth-order valence-corrected chi connectivity index (χ4v) is 0. The Morgan fingerprint density at radius 1 is 1.56 bits per heavy atom. The second-order valence-electron chi connectivity index (χ2n) is 1.19. The van der Waals surface area contributed by atoms with E-state index in [1.54, 1.807) is 6.92 Å². The molecule has 0 radical (unpaired) electrons. The summed E-state index contributed by atoms with van der Waals surface area (Å²) in [7, 11) is 0. The summed E-state index contributed by atoms with van der Waals surface area (Å²) < 4.78 is 0. The van der Waals surface area contributed by atoms with Gasteiger partial charge in [-0.2, -0.15) is 0 Å². The van der Waals surface area contributed by atoms with Gasteiger partial charge in [0.25, 0.3) is 0 Å². The van der Waals surface area contributed by atoms with Crippen LogP contribution >= 0.6 is 23.2 Å². The third-order valence-electron chi connectivity index (χ3n) is 0.341. The van der Waals surface area contributed by atoms with Crippen molar-refractivity contribution >= 4 is 23.2 Å². The molecule has 9 heavy (non-hydrogen) atoms. The molecule has 0 saturated heterocycles. The van der Waals surface area contributed by atoms with Gasteiger partial charge in [0.05, 0.1) is 11.4 Å². The Morgan fingerprint density at radius 3 is 1.67 bits per heavy atom. The van der Waals surface area contributed by atoms with Gasteiger partial charge in [0, 0.05) is 6.54 Å². The minimum Gasteiger partial charge on any atom is -0.412 e. The monoisotopic (exact) mass is 177 g/mol. The quantitative estimate of drug-likeness (QED) is 0.551. The molecule has 0 aliphatic rings. The smallest absolute Gasteiger partial charge is 0.0967 e. The highest BCUT2D eigenvalue weighted by Gasteiger charge is 1.81. The Morgan fingerprint density at radius 2 is 1.67 bits per heavy atom. The molecular formula is C4H13Cl2NO2. The maximum atomic E-state index is 8.24. The van der Waals surface area contributed by atoms with Crippen molar-refractivity contribution in [1.82, 2.24) is 0 Å². The molecule has 0 aromatic heterocycles. The predicted molar refractivity (Wildman–Crippen MR) is 40.9 cm³/mol. The molecule has 0 rings (SSSR count). The Hall–Kier alpha value is 0.460. The minimum absolute atomic E-state index is 0. The van der Waals surface area contributed by atoms with Crippen molar-refractivity contribution in [3.63, 3.8) is 0 Å². The van der Waals surface area contributed by atoms with E-state index < -0.39 is 0 Å². The molecule has 0 aliphatic heterocycles. The maximum Gasteiger partial charge on any atom is 0.0967 e. The highest BCUT2D eigenvalue weighted by atomic mass is 35.5. The van der Waals surface area contributed by atoms with Gasteiger partial charge in [0.2, 0.25) is 0 Å². The zero-order valence-electron chi connectivity index (χ0n) is 5.27. The zero-order valence-corrected chi connectivity index (χ0v) is 6.78. The zero-order chi connectivity index (χ0) is 6.99. The van der Waals surface area contributed by atoms with E-state index in [9.17, 15) is 0 Å². The lowest BCUT2D eigenvalue weighted by molar-refractivity contribution is 0.203. The summed E-state index contributed by atoms with van der Waals surface area (Å²) in [5.41, 5.74) is 4.92. The number of aliphatic hydroxyl groups is 1. The van der Waals surface area contributed by atoms with Gasteiger partial charge in [0.15, 0.2) is 0 Å². The molecule has 3 nitrogen and oxygen atoms in total. The first-order chi connectivity index (χ1) is 3.68. The predicted octanol–water partition coefficient (Wildman–Crippen LogP) is -0.0773. The topological polar surface area (TPSA) is 77.8 Å². The highest BCUT2D eigenvalue weighted by molar-refractivity contribution is 6.40. The minimum atomic E-state index is -0.338. The Kier molecular flexibility index (Phi) is 28.5. The van der Waals surface area contributed by atoms with Crippen LogP contribution in [0.1, 0.15) is 6.92 Å². The summed E-state index contributed by atoms with van der Waals surface area (Å²) in [6.45, 7) is 2.01. The average Bonchev–Trinajstić information content (AvgIpc) is 1.69. The van der Waals surface area contributed by atoms with Crippen LogP contribution in [0.15, 0.2) is 0 Å². The number of nitrogens with two attached hydrogens (primary N) is 1. The molecule has 0 saturated carbocycles. The number of hydrogen-bond acceptors (Lipinski definition) is 2. The van der Waals surface area contributed by atoms with Crippen molar-refractivity contribution < 1.29 is 10.6 Å². The molecule has 1 unspecified atom stereocenters. The molecule has 0 aromatic rings. The first-order valence-corrected chi connectivity index (χ1v) is 3.26. The molecule has 0 fully saturated rings. The lowest BCUT2D eigenvalue weighted by Gasteiger charge is -1.91. The second kappa shape index (κ2) is 15.8. The molecule has 0 amide bonds. The molecule has 60 valence electrons. The van der Waals surface area contributed by atoms with Gasteiger partial charge in [0.1, 0.15) is 0 Å². The van der Waals surface area contributed by atoms with Crippen molar-refractivity contribution in [1.29, 1.82) is 0 Å². The lowest BCUT2D eigenvalue weighted by atomic mass is 10.4. The van der Waals surface area contributed by atoms with Crippen LogP contribution in [0.2, 0.25) is 0 Å². The van der Waals surface area contributed by atoms with E-state index in [0.717, 1.165) is 0 Å². The number of hydrogen-bond donors (Lipinski definition) is 2. The fraction of sp³-hybridized carbons (Fsp3) is 1.00. The summed E-state index contributed by atoms with van der Waals surface area (Å²) in [6.07, 6.45) is -0.338. The largest absolute Gasteiger partial charge is 0.412 e. The maximum absolute atomic E-state index is 8.24. The van der Waals surface area contributed by atoms with E-state index >= 15 is 0 Å². The number of alkyl halides is 2. The number of aliphatic hydroxyl groups excluding tert-OH is 1.